The van der Waals surface area contributed by atoms with E-state index in [1.165, 1.54) is 32.7 Å². The summed E-state index contributed by atoms with van der Waals surface area (Å²) < 4.78 is 44.7. The number of alkyl carbamates (subject to hydrolysis) is 1. The summed E-state index contributed by atoms with van der Waals surface area (Å²) in [6, 6.07) is -3.70. The fraction of sp³-hybridized carbons (Fsp3) is 0.895. The van der Waals surface area contributed by atoms with Crippen molar-refractivity contribution in [1.29, 1.82) is 0 Å². The van der Waals surface area contributed by atoms with Gasteiger partial charge < -0.3 is 89.8 Å². The van der Waals surface area contributed by atoms with Gasteiger partial charge in [-0.05, 0) is 18.8 Å². The first kappa shape index (κ1) is 54.6. The molecule has 22 nitrogen and oxygen atoms in total. The fourth-order valence-electron chi connectivity index (χ4n) is 6.76. The van der Waals surface area contributed by atoms with Crippen LogP contribution in [0.3, 0.4) is 0 Å². The van der Waals surface area contributed by atoms with Crippen molar-refractivity contribution in [3.05, 3.63) is 0 Å². The van der Waals surface area contributed by atoms with E-state index in [2.05, 4.69) is 21.3 Å². The van der Waals surface area contributed by atoms with E-state index in [-0.39, 0.29) is 43.3 Å². The molecule has 2 heterocycles. The van der Waals surface area contributed by atoms with Crippen molar-refractivity contribution in [1.82, 2.24) is 21.3 Å². The summed E-state index contributed by atoms with van der Waals surface area (Å²) in [5, 5.41) is 74.6. The zero-order chi connectivity index (χ0) is 45.9. The Kier molecular flexibility index (Phi) is 24.8. The van der Waals surface area contributed by atoms with Crippen LogP contribution in [0.25, 0.3) is 0 Å². The second kappa shape index (κ2) is 27.6. The molecule has 2 saturated heterocycles. The number of aliphatic hydroxyl groups is 6. The maximum Gasteiger partial charge on any atom is 0.407 e. The van der Waals surface area contributed by atoms with E-state index in [9.17, 15) is 49.8 Å². The third kappa shape index (κ3) is 18.3. The van der Waals surface area contributed by atoms with E-state index in [4.69, 9.17) is 37.9 Å². The molecule has 0 aromatic heterocycles. The second-order valence-electron chi connectivity index (χ2n) is 15.7. The molecular formula is C38H70N4O18S. The molecule has 2 aliphatic rings. The minimum absolute atomic E-state index is 0.0150. The van der Waals surface area contributed by atoms with E-state index in [1.807, 2.05) is 27.7 Å². The standard InChI is InChI=1S/C38H70N4O18S/c1-20(2)33(21(3)4)59-36-29(40-22(5)44)32(50)31(49)26(58-36)18-57-38(6)15-24(45)28(34(60-38)30(48)25(46)17-43)42-27(47)16-39-35(51)23(41-37(52)56-12-10-54-8)19-61-14-13-55-11-9-53-7/h20-21,23-26,28-34,36,43,45-46,48-50H,9-19H2,1-8H3,(H,39,51)(H,40,44)(H,41,52)(H,42,47)/t23?,24-,25+,26?,28+,29?,30+,31-,32+,34?,36-,38-/m0/s1. The molecule has 4 unspecified atom stereocenters. The highest BCUT2D eigenvalue weighted by Gasteiger charge is 2.52. The Labute approximate surface area is 361 Å². The van der Waals surface area contributed by atoms with Gasteiger partial charge in [0.05, 0.1) is 64.4 Å². The van der Waals surface area contributed by atoms with Crippen LogP contribution in [0.4, 0.5) is 4.79 Å². The summed E-state index contributed by atoms with van der Waals surface area (Å²) in [5.41, 5.74) is 0. The van der Waals surface area contributed by atoms with Crippen LogP contribution in [0.1, 0.15) is 48.0 Å². The first-order chi connectivity index (χ1) is 28.8. The van der Waals surface area contributed by atoms with E-state index in [0.29, 0.717) is 25.6 Å². The lowest BCUT2D eigenvalue weighted by atomic mass is 9.89. The molecule has 2 fully saturated rings. The first-order valence-electron chi connectivity index (χ1n) is 20.3. The summed E-state index contributed by atoms with van der Waals surface area (Å²) in [6.45, 7) is 9.56. The molecule has 0 aliphatic carbocycles. The second-order valence-corrected chi connectivity index (χ2v) is 16.8. The van der Waals surface area contributed by atoms with Crippen LogP contribution in [0.2, 0.25) is 0 Å². The maximum atomic E-state index is 13.2. The topological polar surface area (TPSA) is 312 Å². The summed E-state index contributed by atoms with van der Waals surface area (Å²) in [6.07, 6.45) is -14.1. The number of hydrogen-bond acceptors (Lipinski definition) is 19. The highest BCUT2D eigenvalue weighted by Crippen LogP contribution is 2.34. The average Bonchev–Trinajstić information content (AvgIpc) is 3.20. The molecule has 4 amide bonds. The number of hydrogen-bond donors (Lipinski definition) is 10. The first-order valence-corrected chi connectivity index (χ1v) is 21.5. The number of rotatable bonds is 27. The molecule has 12 atom stereocenters. The van der Waals surface area contributed by atoms with Crippen molar-refractivity contribution in [2.24, 2.45) is 11.8 Å². The Morgan fingerprint density at radius 2 is 1.56 bits per heavy atom. The van der Waals surface area contributed by atoms with Crippen molar-refractivity contribution < 1.29 is 87.7 Å². The third-order valence-electron chi connectivity index (χ3n) is 9.85. The lowest BCUT2D eigenvalue weighted by molar-refractivity contribution is -0.336. The van der Waals surface area contributed by atoms with E-state index >= 15 is 0 Å². The summed E-state index contributed by atoms with van der Waals surface area (Å²) in [4.78, 5) is 50.8. The van der Waals surface area contributed by atoms with E-state index in [0.717, 1.165) is 0 Å². The van der Waals surface area contributed by atoms with Crippen molar-refractivity contribution in [2.45, 2.75) is 127 Å². The number of thioether (sulfide) groups is 1. The number of carbonyl (C=O) groups excluding carboxylic acids is 4. The predicted octanol–water partition coefficient (Wildman–Crippen LogP) is -3.03. The fourth-order valence-corrected chi connectivity index (χ4v) is 7.63. The highest BCUT2D eigenvalue weighted by atomic mass is 32.2. The summed E-state index contributed by atoms with van der Waals surface area (Å²) >= 11 is 1.30. The van der Waals surface area contributed by atoms with Crippen LogP contribution >= 0.6 is 11.8 Å². The minimum Gasteiger partial charge on any atom is -0.447 e. The molecule has 0 radical (unpaired) electrons. The number of carbonyl (C=O) groups is 4. The molecule has 0 spiro atoms. The quantitative estimate of drug-likeness (QED) is 0.0367. The largest absolute Gasteiger partial charge is 0.447 e. The normalized spacial score (nSPS) is 28.3. The summed E-state index contributed by atoms with van der Waals surface area (Å²) in [5.74, 6) is -3.27. The predicted molar refractivity (Wildman–Crippen MR) is 217 cm³/mol. The average molecular weight is 903 g/mol. The molecule has 0 saturated carbocycles. The molecule has 10 N–H and O–H groups in total. The lowest BCUT2D eigenvalue weighted by Gasteiger charge is -2.48. The molecule has 0 aromatic rings. The van der Waals surface area contributed by atoms with Gasteiger partial charge in [-0.15, -0.1) is 0 Å². The van der Waals surface area contributed by atoms with Crippen molar-refractivity contribution in [3.8, 4) is 0 Å². The number of ether oxygens (including phenoxy) is 8. The van der Waals surface area contributed by atoms with E-state index < -0.39 is 117 Å². The van der Waals surface area contributed by atoms with Gasteiger partial charge in [-0.1, -0.05) is 27.7 Å². The van der Waals surface area contributed by atoms with Gasteiger partial charge in [0.1, 0.15) is 55.3 Å². The van der Waals surface area contributed by atoms with Gasteiger partial charge in [0.2, 0.25) is 17.7 Å². The molecule has 61 heavy (non-hydrogen) atoms. The van der Waals surface area contributed by atoms with Gasteiger partial charge in [-0.2, -0.15) is 11.8 Å². The third-order valence-corrected chi connectivity index (χ3v) is 10.9. The van der Waals surface area contributed by atoms with Gasteiger partial charge in [0, 0.05) is 39.1 Å². The van der Waals surface area contributed by atoms with E-state index in [1.54, 1.807) is 7.11 Å². The number of aliphatic hydroxyl groups excluding tert-OH is 6. The van der Waals surface area contributed by atoms with Crippen LogP contribution in [-0.4, -0.2) is 212 Å². The van der Waals surface area contributed by atoms with Gasteiger partial charge in [-0.25, -0.2) is 4.79 Å². The number of amides is 4. The van der Waals surface area contributed by atoms with Crippen LogP contribution in [0.15, 0.2) is 0 Å². The van der Waals surface area contributed by atoms with Gasteiger partial charge in [0.15, 0.2) is 12.1 Å². The maximum absolute atomic E-state index is 13.2. The Balaban J connectivity index is 2.17. The van der Waals surface area contributed by atoms with Crippen molar-refractivity contribution >= 4 is 35.6 Å². The molecular weight excluding hydrogens is 832 g/mol. The molecule has 2 rings (SSSR count). The highest BCUT2D eigenvalue weighted by molar-refractivity contribution is 7.99. The smallest absolute Gasteiger partial charge is 0.407 e. The Hall–Kier alpha value is -2.49. The van der Waals surface area contributed by atoms with Crippen LogP contribution in [0, 0.1) is 11.8 Å². The lowest BCUT2D eigenvalue weighted by Crippen LogP contribution is -2.67. The van der Waals surface area contributed by atoms with Crippen molar-refractivity contribution in [2.75, 3.05) is 78.5 Å². The number of nitrogens with one attached hydrogen (secondary N) is 4. The Morgan fingerprint density at radius 3 is 2.16 bits per heavy atom. The SMILES string of the molecule is COCCOCCSCC(NC(=O)OCCOC)C(=O)NCC(=O)N[C@H]1C([C@H](O)[C@H](O)CO)O[C@](C)(OCC2O[C@@H](OC(C(C)C)C(C)C)C(NC(C)=O)[C@@H](O)[C@H]2O)C[C@@H]1O. The van der Waals surface area contributed by atoms with Gasteiger partial charge in [0.25, 0.3) is 0 Å². The number of methoxy groups -OCH3 is 2. The summed E-state index contributed by atoms with van der Waals surface area (Å²) in [7, 11) is 2.97. The molecule has 2 aliphatic heterocycles. The zero-order valence-electron chi connectivity index (χ0n) is 36.4. The monoisotopic (exact) mass is 902 g/mol. The van der Waals surface area contributed by atoms with Crippen molar-refractivity contribution in [3.63, 3.8) is 0 Å². The zero-order valence-corrected chi connectivity index (χ0v) is 37.2. The molecule has 356 valence electrons. The van der Waals surface area contributed by atoms with Gasteiger partial charge in [-0.3, -0.25) is 14.4 Å². The van der Waals surface area contributed by atoms with Crippen LogP contribution in [0.5, 0.6) is 0 Å². The molecule has 23 heteroatoms. The molecule has 0 aromatic carbocycles. The molecule has 0 bridgehead atoms. The van der Waals surface area contributed by atoms with Crippen LogP contribution in [-0.2, 0) is 52.3 Å². The Morgan fingerprint density at radius 1 is 0.902 bits per heavy atom. The van der Waals surface area contributed by atoms with Gasteiger partial charge >= 0.3 is 6.09 Å². The van der Waals surface area contributed by atoms with Crippen LogP contribution < -0.4 is 21.3 Å². The minimum atomic E-state index is -1.89. The Bertz CT molecular complexity index is 1320.